The second-order valence-corrected chi connectivity index (χ2v) is 2.78. The molecule has 0 amide bonds. The average Bonchev–Trinajstić information content (AvgIpc) is 2.14. The van der Waals surface area contributed by atoms with Crippen molar-refractivity contribution in [3.8, 4) is 0 Å². The lowest BCUT2D eigenvalue weighted by Gasteiger charge is -2.02. The monoisotopic (exact) mass is 134 g/mol. The Morgan fingerprint density at radius 3 is 2.40 bits per heavy atom. The summed E-state index contributed by atoms with van der Waals surface area (Å²) in [6.07, 6.45) is 1.82. The maximum absolute atomic E-state index is 5.48. The molecule has 10 heavy (non-hydrogen) atoms. The minimum absolute atomic E-state index is 0.511. The standard InChI is InChI=1S/C7H11BN2/c1-5(2)7-4-9-10(8)6(7)3/h4-5H,1-3H3. The van der Waals surface area contributed by atoms with E-state index >= 15 is 0 Å². The van der Waals surface area contributed by atoms with Crippen molar-refractivity contribution in [3.05, 3.63) is 17.5 Å². The van der Waals surface area contributed by atoms with Crippen molar-refractivity contribution in [2.24, 2.45) is 0 Å². The molecule has 0 aliphatic carbocycles. The molecule has 0 saturated carbocycles. The first kappa shape index (κ1) is 7.38. The summed E-state index contributed by atoms with van der Waals surface area (Å²) in [6.45, 7) is 6.23. The van der Waals surface area contributed by atoms with Crippen LogP contribution in [0, 0.1) is 6.92 Å². The molecule has 1 heterocycles. The van der Waals surface area contributed by atoms with E-state index in [9.17, 15) is 0 Å². The molecule has 3 heteroatoms. The highest BCUT2D eigenvalue weighted by Gasteiger charge is 2.05. The molecule has 0 aromatic carbocycles. The number of nitrogens with zero attached hydrogens (tertiary/aromatic N) is 2. The van der Waals surface area contributed by atoms with E-state index in [-0.39, 0.29) is 0 Å². The molecule has 0 unspecified atom stereocenters. The Labute approximate surface area is 62.7 Å². The molecule has 0 N–H and O–H groups in total. The molecule has 52 valence electrons. The first-order valence-corrected chi connectivity index (χ1v) is 3.42. The van der Waals surface area contributed by atoms with Crippen molar-refractivity contribution in [2.45, 2.75) is 26.7 Å². The molecule has 1 aromatic rings. The Morgan fingerprint density at radius 1 is 1.60 bits per heavy atom. The maximum Gasteiger partial charge on any atom is 0.264 e. The summed E-state index contributed by atoms with van der Waals surface area (Å²) in [7, 11) is 5.48. The fourth-order valence-corrected chi connectivity index (χ4v) is 1.00. The van der Waals surface area contributed by atoms with Crippen molar-refractivity contribution in [3.63, 3.8) is 0 Å². The second kappa shape index (κ2) is 2.49. The van der Waals surface area contributed by atoms with Crippen molar-refractivity contribution >= 4 is 7.98 Å². The summed E-state index contributed by atoms with van der Waals surface area (Å²) in [5.74, 6) is 0.511. The zero-order valence-electron chi connectivity index (χ0n) is 6.63. The predicted molar refractivity (Wildman–Crippen MR) is 42.2 cm³/mol. The Kier molecular flexibility index (Phi) is 1.83. The van der Waals surface area contributed by atoms with Crippen molar-refractivity contribution in [1.82, 2.24) is 9.69 Å². The molecule has 0 aliphatic heterocycles. The van der Waals surface area contributed by atoms with Gasteiger partial charge in [-0.25, -0.2) is 0 Å². The molecule has 1 aromatic heterocycles. The third-order valence-corrected chi connectivity index (χ3v) is 1.70. The van der Waals surface area contributed by atoms with Crippen molar-refractivity contribution in [2.75, 3.05) is 0 Å². The molecule has 0 bridgehead atoms. The van der Waals surface area contributed by atoms with Crippen molar-refractivity contribution in [1.29, 1.82) is 0 Å². The smallest absolute Gasteiger partial charge is 0.264 e. The van der Waals surface area contributed by atoms with E-state index in [0.29, 0.717) is 5.92 Å². The van der Waals surface area contributed by atoms with Gasteiger partial charge in [-0.15, -0.1) is 0 Å². The maximum atomic E-state index is 5.48. The van der Waals surface area contributed by atoms with Crippen LogP contribution in [0.4, 0.5) is 0 Å². The SMILES string of the molecule is [B]n1ncc(C(C)C)c1C. The molecule has 0 spiro atoms. The van der Waals surface area contributed by atoms with Gasteiger partial charge >= 0.3 is 0 Å². The fraction of sp³-hybridized carbons (Fsp3) is 0.571. The lowest BCUT2D eigenvalue weighted by Crippen LogP contribution is -1.97. The van der Waals surface area contributed by atoms with Crippen LogP contribution in [-0.2, 0) is 0 Å². The Bertz CT molecular complexity index is 228. The van der Waals surface area contributed by atoms with Crippen LogP contribution in [0.15, 0.2) is 6.20 Å². The Hall–Kier alpha value is -0.725. The number of aromatic nitrogens is 2. The molecule has 2 radical (unpaired) electrons. The van der Waals surface area contributed by atoms with E-state index in [2.05, 4.69) is 18.9 Å². The largest absolute Gasteiger partial charge is 0.328 e. The van der Waals surface area contributed by atoms with Gasteiger partial charge in [-0.2, -0.15) is 5.10 Å². The molecular weight excluding hydrogens is 123 g/mol. The van der Waals surface area contributed by atoms with E-state index in [0.717, 1.165) is 5.69 Å². The van der Waals surface area contributed by atoms with Gasteiger partial charge in [0.2, 0.25) is 0 Å². The van der Waals surface area contributed by atoms with Gasteiger partial charge in [-0.05, 0) is 18.4 Å². The van der Waals surface area contributed by atoms with Gasteiger partial charge < -0.3 is 4.59 Å². The average molecular weight is 134 g/mol. The van der Waals surface area contributed by atoms with Crippen LogP contribution >= 0.6 is 0 Å². The highest BCUT2D eigenvalue weighted by molar-refractivity contribution is 6.06. The first-order chi connectivity index (χ1) is 4.63. The van der Waals surface area contributed by atoms with Gasteiger partial charge in [0.1, 0.15) is 0 Å². The third-order valence-electron chi connectivity index (χ3n) is 1.70. The first-order valence-electron chi connectivity index (χ1n) is 3.42. The van der Waals surface area contributed by atoms with Crippen LogP contribution in [-0.4, -0.2) is 17.7 Å². The highest BCUT2D eigenvalue weighted by Crippen LogP contribution is 2.16. The molecule has 0 atom stereocenters. The number of rotatable bonds is 1. The number of hydrogen-bond acceptors (Lipinski definition) is 1. The van der Waals surface area contributed by atoms with Gasteiger partial charge in [-0.1, -0.05) is 13.8 Å². The van der Waals surface area contributed by atoms with E-state index in [1.54, 1.807) is 0 Å². The summed E-state index contributed by atoms with van der Waals surface area (Å²) >= 11 is 0. The summed E-state index contributed by atoms with van der Waals surface area (Å²) in [4.78, 5) is 0. The van der Waals surface area contributed by atoms with Crippen LogP contribution in [0.5, 0.6) is 0 Å². The lowest BCUT2D eigenvalue weighted by atomic mass is 10.0. The van der Waals surface area contributed by atoms with Crippen LogP contribution < -0.4 is 0 Å². The minimum atomic E-state index is 0.511. The predicted octanol–water partition coefficient (Wildman–Crippen LogP) is 1.25. The van der Waals surface area contributed by atoms with Gasteiger partial charge in [0.05, 0.1) is 6.20 Å². The highest BCUT2D eigenvalue weighted by atomic mass is 15.2. The van der Waals surface area contributed by atoms with Crippen LogP contribution in [0.1, 0.15) is 31.0 Å². The summed E-state index contributed by atoms with van der Waals surface area (Å²) in [5, 5.41) is 3.93. The van der Waals surface area contributed by atoms with Crippen LogP contribution in [0.3, 0.4) is 0 Å². The van der Waals surface area contributed by atoms with Gasteiger partial charge in [-0.3, -0.25) is 0 Å². The molecule has 0 saturated heterocycles. The van der Waals surface area contributed by atoms with E-state index in [4.69, 9.17) is 7.98 Å². The third kappa shape index (κ3) is 1.08. The van der Waals surface area contributed by atoms with Crippen molar-refractivity contribution < 1.29 is 0 Å². The zero-order valence-corrected chi connectivity index (χ0v) is 6.63. The molecule has 1 rings (SSSR count). The number of hydrogen-bond donors (Lipinski definition) is 0. The second-order valence-electron chi connectivity index (χ2n) is 2.78. The van der Waals surface area contributed by atoms with Gasteiger partial charge in [0, 0.05) is 5.69 Å². The molecule has 2 nitrogen and oxygen atoms in total. The summed E-state index contributed by atoms with van der Waals surface area (Å²) in [6, 6.07) is 0. The van der Waals surface area contributed by atoms with Crippen LogP contribution in [0.25, 0.3) is 0 Å². The zero-order chi connectivity index (χ0) is 7.72. The summed E-state index contributed by atoms with van der Waals surface area (Å²) in [5.41, 5.74) is 2.28. The Morgan fingerprint density at radius 2 is 2.20 bits per heavy atom. The fourth-order valence-electron chi connectivity index (χ4n) is 1.00. The lowest BCUT2D eigenvalue weighted by molar-refractivity contribution is 0.852. The normalized spacial score (nSPS) is 10.8. The van der Waals surface area contributed by atoms with Gasteiger partial charge in [0.15, 0.2) is 0 Å². The molecule has 0 fully saturated rings. The van der Waals surface area contributed by atoms with Gasteiger partial charge in [0.25, 0.3) is 7.98 Å². The van der Waals surface area contributed by atoms with E-state index in [1.165, 1.54) is 10.2 Å². The van der Waals surface area contributed by atoms with E-state index < -0.39 is 0 Å². The van der Waals surface area contributed by atoms with E-state index in [1.807, 2.05) is 13.1 Å². The quantitative estimate of drug-likeness (QED) is 0.528. The van der Waals surface area contributed by atoms with Crippen LogP contribution in [0.2, 0.25) is 0 Å². The topological polar surface area (TPSA) is 17.8 Å². The summed E-state index contributed by atoms with van der Waals surface area (Å²) < 4.78 is 1.41. The molecule has 0 aliphatic rings. The minimum Gasteiger partial charge on any atom is -0.328 e. The molecular formula is C7H11BN2. The Balaban J connectivity index is 3.05.